The van der Waals surface area contributed by atoms with Crippen molar-refractivity contribution in [2.24, 2.45) is 5.92 Å². The predicted molar refractivity (Wildman–Crippen MR) is 153 cm³/mol. The molecule has 1 fully saturated rings. The number of carbonyl (C=O) groups excluding carboxylic acids is 1. The van der Waals surface area contributed by atoms with Crippen LogP contribution in [0, 0.1) is 5.92 Å². The van der Waals surface area contributed by atoms with Gasteiger partial charge >= 0.3 is 12.2 Å². The third-order valence-electron chi connectivity index (χ3n) is 7.18. The highest BCUT2D eigenvalue weighted by Gasteiger charge is 2.37. The van der Waals surface area contributed by atoms with Gasteiger partial charge < -0.3 is 30.7 Å². The fourth-order valence-corrected chi connectivity index (χ4v) is 5.39. The number of aliphatic hydroxyl groups is 2. The second kappa shape index (κ2) is 14.9. The number of amides is 2. The Hall–Kier alpha value is -2.36. The molecule has 0 heterocycles. The Labute approximate surface area is 234 Å². The van der Waals surface area contributed by atoms with Crippen LogP contribution in [-0.2, 0) is 11.2 Å². The van der Waals surface area contributed by atoms with Crippen molar-refractivity contribution in [2.75, 3.05) is 13.1 Å². The molecule has 5 N–H and O–H groups in total. The lowest BCUT2D eigenvalue weighted by atomic mass is 9.83. The van der Waals surface area contributed by atoms with Gasteiger partial charge in [0.2, 0.25) is 0 Å². The number of nitrogens with one attached hydrogen (secondary N) is 2. The molecule has 222 valence electrons. The number of hydrogen-bond acceptors (Lipinski definition) is 6. The molecule has 1 aliphatic rings. The third-order valence-corrected chi connectivity index (χ3v) is 7.18. The maximum Gasteiger partial charge on any atom is 0.408 e. The molecule has 9 nitrogen and oxygen atoms in total. The summed E-state index contributed by atoms with van der Waals surface area (Å²) in [5.74, 6) is 0.421. The van der Waals surface area contributed by atoms with Gasteiger partial charge in [0, 0.05) is 18.6 Å². The van der Waals surface area contributed by atoms with Crippen molar-refractivity contribution in [3.63, 3.8) is 0 Å². The molecule has 1 aliphatic carbocycles. The van der Waals surface area contributed by atoms with Crippen LogP contribution in [0.15, 0.2) is 30.3 Å². The summed E-state index contributed by atoms with van der Waals surface area (Å²) in [6, 6.07) is 8.30. The van der Waals surface area contributed by atoms with Gasteiger partial charge in [0.1, 0.15) is 5.60 Å². The lowest BCUT2D eigenvalue weighted by Gasteiger charge is -2.42. The first-order valence-electron chi connectivity index (χ1n) is 14.3. The highest BCUT2D eigenvalue weighted by Crippen LogP contribution is 2.28. The van der Waals surface area contributed by atoms with Crippen molar-refractivity contribution in [3.05, 3.63) is 35.9 Å². The fourth-order valence-electron chi connectivity index (χ4n) is 5.39. The summed E-state index contributed by atoms with van der Waals surface area (Å²) in [7, 11) is 0. The number of carboxylic acid groups (broad SMARTS) is 1. The zero-order chi connectivity index (χ0) is 29.2. The van der Waals surface area contributed by atoms with E-state index in [1.165, 1.54) is 11.3 Å². The molecule has 9 heteroatoms. The fraction of sp³-hybridized carbons (Fsp3) is 0.733. The molecular formula is C30H51N3O6. The van der Waals surface area contributed by atoms with Gasteiger partial charge in [0.05, 0.1) is 24.3 Å². The molecule has 1 aromatic carbocycles. The molecule has 39 heavy (non-hydrogen) atoms. The van der Waals surface area contributed by atoms with Gasteiger partial charge in [0.15, 0.2) is 0 Å². The van der Waals surface area contributed by atoms with E-state index < -0.39 is 47.6 Å². The van der Waals surface area contributed by atoms with E-state index in [2.05, 4.69) is 10.6 Å². The standard InChI is InChI=1S/C30H51N3O6/c1-29(2,3)33(28(37)38)24(18-22-15-11-8-12-16-22)26(35)20-31-19-25(34)23(17-21-13-9-7-10-14-21)32-27(36)39-30(4,5)6/h8,11-12,15-16,21,23-26,31,34-35H,7,9-10,13-14,17-20H2,1-6H3,(H,32,36)(H,37,38)/t23-,24-,25+,26+/m0/s1. The summed E-state index contributed by atoms with van der Waals surface area (Å²) in [6.45, 7) is 11.0. The van der Waals surface area contributed by atoms with Crippen molar-refractivity contribution in [2.45, 2.75) is 122 Å². The maximum atomic E-state index is 12.5. The summed E-state index contributed by atoms with van der Waals surface area (Å²) in [6.07, 6.45) is 3.08. The molecule has 4 atom stereocenters. The van der Waals surface area contributed by atoms with E-state index >= 15 is 0 Å². The molecule has 0 aliphatic heterocycles. The van der Waals surface area contributed by atoms with E-state index in [1.54, 1.807) is 41.5 Å². The van der Waals surface area contributed by atoms with Crippen molar-refractivity contribution < 1.29 is 29.6 Å². The number of hydrogen-bond donors (Lipinski definition) is 5. The molecule has 1 saturated carbocycles. The normalized spacial score (nSPS) is 18.1. The Balaban J connectivity index is 2.08. The van der Waals surface area contributed by atoms with Crippen molar-refractivity contribution in [1.29, 1.82) is 0 Å². The number of benzene rings is 1. The third kappa shape index (κ3) is 11.7. The van der Waals surface area contributed by atoms with Crippen molar-refractivity contribution >= 4 is 12.2 Å². The zero-order valence-electron chi connectivity index (χ0n) is 24.7. The monoisotopic (exact) mass is 549 g/mol. The van der Waals surface area contributed by atoms with Crippen LogP contribution in [0.1, 0.15) is 85.6 Å². The minimum Gasteiger partial charge on any atom is -0.465 e. The van der Waals surface area contributed by atoms with Crippen LogP contribution in [0.25, 0.3) is 0 Å². The molecule has 0 radical (unpaired) electrons. The summed E-state index contributed by atoms with van der Waals surface area (Å²) >= 11 is 0. The average Bonchev–Trinajstić information content (AvgIpc) is 2.82. The SMILES string of the molecule is CC(C)(C)OC(=O)N[C@@H](CC1CCCCC1)[C@H](O)CNC[C@@H](O)[C@H](Cc1ccccc1)N(C(=O)O)C(C)(C)C. The zero-order valence-corrected chi connectivity index (χ0v) is 24.7. The first-order valence-corrected chi connectivity index (χ1v) is 14.3. The predicted octanol–water partition coefficient (Wildman–Crippen LogP) is 4.55. The average molecular weight is 550 g/mol. The largest absolute Gasteiger partial charge is 0.465 e. The quantitative estimate of drug-likeness (QED) is 0.258. The summed E-state index contributed by atoms with van der Waals surface area (Å²) < 4.78 is 5.44. The minimum absolute atomic E-state index is 0.0804. The minimum atomic E-state index is -1.10. The lowest BCUT2D eigenvalue weighted by molar-refractivity contribution is 0.00589. The Bertz CT molecular complexity index is 877. The molecule has 0 aromatic heterocycles. The van der Waals surface area contributed by atoms with E-state index in [-0.39, 0.29) is 13.1 Å². The number of nitrogens with zero attached hydrogens (tertiary/aromatic N) is 1. The molecule has 1 aromatic rings. The van der Waals surface area contributed by atoms with Crippen LogP contribution in [0.2, 0.25) is 0 Å². The van der Waals surface area contributed by atoms with Crippen LogP contribution in [0.4, 0.5) is 9.59 Å². The van der Waals surface area contributed by atoms with Crippen LogP contribution < -0.4 is 10.6 Å². The Morgan fingerprint density at radius 2 is 1.56 bits per heavy atom. The highest BCUT2D eigenvalue weighted by molar-refractivity contribution is 5.68. The Morgan fingerprint density at radius 1 is 0.974 bits per heavy atom. The maximum absolute atomic E-state index is 12.5. The molecule has 0 spiro atoms. The van der Waals surface area contributed by atoms with E-state index in [1.807, 2.05) is 30.3 Å². The molecular weight excluding hydrogens is 498 g/mol. The van der Waals surface area contributed by atoms with Crippen LogP contribution >= 0.6 is 0 Å². The number of rotatable bonds is 12. The summed E-state index contributed by atoms with van der Waals surface area (Å²) in [4.78, 5) is 26.1. The first-order chi connectivity index (χ1) is 18.2. The van der Waals surface area contributed by atoms with Gasteiger partial charge in [-0.15, -0.1) is 0 Å². The van der Waals surface area contributed by atoms with Gasteiger partial charge in [-0.05, 0) is 65.9 Å². The second-order valence-electron chi connectivity index (χ2n) is 12.9. The Morgan fingerprint density at radius 3 is 2.10 bits per heavy atom. The topological polar surface area (TPSA) is 131 Å². The molecule has 0 unspecified atom stereocenters. The number of ether oxygens (including phenoxy) is 1. The molecule has 0 bridgehead atoms. The van der Waals surface area contributed by atoms with Crippen molar-refractivity contribution in [3.8, 4) is 0 Å². The van der Waals surface area contributed by atoms with Gasteiger partial charge in [-0.3, -0.25) is 4.90 Å². The van der Waals surface area contributed by atoms with Crippen LogP contribution in [0.5, 0.6) is 0 Å². The summed E-state index contributed by atoms with van der Waals surface area (Å²) in [5.41, 5.74) is -0.455. The van der Waals surface area contributed by atoms with E-state index in [9.17, 15) is 24.9 Å². The van der Waals surface area contributed by atoms with Gasteiger partial charge in [-0.1, -0.05) is 62.4 Å². The number of carbonyl (C=O) groups is 2. The van der Waals surface area contributed by atoms with Crippen LogP contribution in [-0.4, -0.2) is 80.9 Å². The summed E-state index contributed by atoms with van der Waals surface area (Å²) in [5, 5.41) is 38.3. The number of aliphatic hydroxyl groups excluding tert-OH is 2. The van der Waals surface area contributed by atoms with E-state index in [0.29, 0.717) is 18.8 Å². The van der Waals surface area contributed by atoms with Gasteiger partial charge in [0.25, 0.3) is 0 Å². The molecule has 2 rings (SSSR count). The molecule has 2 amide bonds. The van der Waals surface area contributed by atoms with Crippen molar-refractivity contribution in [1.82, 2.24) is 15.5 Å². The van der Waals surface area contributed by atoms with Gasteiger partial charge in [-0.2, -0.15) is 0 Å². The Kier molecular flexibility index (Phi) is 12.5. The highest BCUT2D eigenvalue weighted by atomic mass is 16.6. The lowest BCUT2D eigenvalue weighted by Crippen LogP contribution is -2.58. The second-order valence-corrected chi connectivity index (χ2v) is 12.9. The molecule has 0 saturated heterocycles. The van der Waals surface area contributed by atoms with Crippen LogP contribution in [0.3, 0.4) is 0 Å². The smallest absolute Gasteiger partial charge is 0.408 e. The number of alkyl carbamates (subject to hydrolysis) is 1. The first kappa shape index (κ1) is 32.8. The van der Waals surface area contributed by atoms with Gasteiger partial charge in [-0.25, -0.2) is 9.59 Å². The van der Waals surface area contributed by atoms with E-state index in [4.69, 9.17) is 4.74 Å². The van der Waals surface area contributed by atoms with E-state index in [0.717, 1.165) is 31.2 Å².